The third-order valence-electron chi connectivity index (χ3n) is 5.42. The minimum absolute atomic E-state index is 0.0242. The van der Waals surface area contributed by atoms with Crippen LogP contribution in [0.4, 0.5) is 0 Å². The van der Waals surface area contributed by atoms with Crippen molar-refractivity contribution in [2.45, 2.75) is 44.7 Å². The topological polar surface area (TPSA) is 74.8 Å². The fourth-order valence-corrected chi connectivity index (χ4v) is 5.39. The number of sulfone groups is 1. The Morgan fingerprint density at radius 3 is 2.55 bits per heavy atom. The van der Waals surface area contributed by atoms with E-state index in [1.165, 1.54) is 12.8 Å². The van der Waals surface area contributed by atoms with Gasteiger partial charge >= 0.3 is 0 Å². The first-order chi connectivity index (χ1) is 10.3. The number of carbonyl (C=O) groups excluding carboxylic acids is 2. The van der Waals surface area contributed by atoms with Gasteiger partial charge in [-0.2, -0.15) is 0 Å². The van der Waals surface area contributed by atoms with Gasteiger partial charge in [-0.25, -0.2) is 8.42 Å². The molecule has 1 saturated carbocycles. The van der Waals surface area contributed by atoms with Crippen LogP contribution < -0.4 is 0 Å². The van der Waals surface area contributed by atoms with Gasteiger partial charge in [-0.1, -0.05) is 0 Å². The van der Waals surface area contributed by atoms with Crippen molar-refractivity contribution in [1.82, 2.24) is 9.80 Å². The zero-order chi connectivity index (χ0) is 16.1. The molecular formula is C15H24N2O4S. The largest absolute Gasteiger partial charge is 0.342 e. The molecule has 3 fully saturated rings. The molecule has 3 atom stereocenters. The van der Waals surface area contributed by atoms with Crippen LogP contribution in [0, 0.1) is 11.8 Å². The van der Waals surface area contributed by atoms with E-state index in [4.69, 9.17) is 0 Å². The van der Waals surface area contributed by atoms with Gasteiger partial charge in [0.15, 0.2) is 9.84 Å². The molecule has 0 aromatic rings. The first-order valence-corrected chi connectivity index (χ1v) is 9.87. The second-order valence-corrected chi connectivity index (χ2v) is 9.26. The van der Waals surface area contributed by atoms with Crippen LogP contribution in [0.3, 0.4) is 0 Å². The van der Waals surface area contributed by atoms with E-state index in [9.17, 15) is 18.0 Å². The molecule has 2 amide bonds. The average Bonchev–Trinajstić information content (AvgIpc) is 3.15. The van der Waals surface area contributed by atoms with E-state index in [-0.39, 0.29) is 47.7 Å². The molecule has 0 spiro atoms. The summed E-state index contributed by atoms with van der Waals surface area (Å²) >= 11 is 0. The molecule has 2 aliphatic heterocycles. The molecule has 6 nitrogen and oxygen atoms in total. The number of amides is 2. The van der Waals surface area contributed by atoms with E-state index in [0.29, 0.717) is 18.9 Å². The molecule has 0 bridgehead atoms. The summed E-state index contributed by atoms with van der Waals surface area (Å²) in [6.07, 6.45) is 3.07. The highest BCUT2D eigenvalue weighted by atomic mass is 32.2. The van der Waals surface area contributed by atoms with E-state index < -0.39 is 9.84 Å². The van der Waals surface area contributed by atoms with Gasteiger partial charge in [-0.15, -0.1) is 0 Å². The SMILES string of the molecule is C[C@H](C1CC1)N(C)C(=O)[C@@H]1CC(=O)N([C@@H]2CCS(=O)(=O)C2)C1. The van der Waals surface area contributed by atoms with Gasteiger partial charge in [0.2, 0.25) is 11.8 Å². The zero-order valence-corrected chi connectivity index (χ0v) is 14.0. The standard InChI is InChI=1S/C15H24N2O4S/c1-10(11-3-4-11)16(2)15(19)12-7-14(18)17(8-12)13-5-6-22(20,21)9-13/h10-13H,3-9H2,1-2H3/t10-,12-,13-/m1/s1. The second-order valence-electron chi connectivity index (χ2n) is 7.03. The van der Waals surface area contributed by atoms with Crippen molar-refractivity contribution >= 4 is 21.7 Å². The van der Waals surface area contributed by atoms with Crippen molar-refractivity contribution in [2.24, 2.45) is 11.8 Å². The Balaban J connectivity index is 1.62. The summed E-state index contributed by atoms with van der Waals surface area (Å²) in [5.41, 5.74) is 0. The average molecular weight is 328 g/mol. The summed E-state index contributed by atoms with van der Waals surface area (Å²) in [6, 6.07) is -0.00929. The number of likely N-dealkylation sites (tertiary alicyclic amines) is 1. The van der Waals surface area contributed by atoms with Crippen LogP contribution >= 0.6 is 0 Å². The lowest BCUT2D eigenvalue weighted by atomic mass is 10.1. The van der Waals surface area contributed by atoms with Gasteiger partial charge in [0, 0.05) is 32.1 Å². The minimum Gasteiger partial charge on any atom is -0.342 e. The number of rotatable bonds is 4. The van der Waals surface area contributed by atoms with Crippen LogP contribution in [-0.2, 0) is 19.4 Å². The molecule has 2 saturated heterocycles. The molecule has 1 aliphatic carbocycles. The Morgan fingerprint density at radius 1 is 1.32 bits per heavy atom. The highest BCUT2D eigenvalue weighted by molar-refractivity contribution is 7.91. The van der Waals surface area contributed by atoms with E-state index >= 15 is 0 Å². The molecule has 22 heavy (non-hydrogen) atoms. The minimum atomic E-state index is -3.02. The van der Waals surface area contributed by atoms with Crippen molar-refractivity contribution in [3.63, 3.8) is 0 Å². The summed E-state index contributed by atoms with van der Waals surface area (Å²) in [5, 5.41) is 0. The molecule has 3 rings (SSSR count). The van der Waals surface area contributed by atoms with Gasteiger partial charge in [-0.05, 0) is 32.1 Å². The summed E-state index contributed by atoms with van der Waals surface area (Å²) in [5.74, 6) is 0.431. The third kappa shape index (κ3) is 3.00. The van der Waals surface area contributed by atoms with Crippen LogP contribution in [0.25, 0.3) is 0 Å². The van der Waals surface area contributed by atoms with Crippen LogP contribution in [0.1, 0.15) is 32.6 Å². The van der Waals surface area contributed by atoms with Crippen molar-refractivity contribution in [1.29, 1.82) is 0 Å². The van der Waals surface area contributed by atoms with Crippen molar-refractivity contribution in [3.8, 4) is 0 Å². The van der Waals surface area contributed by atoms with E-state index in [1.54, 1.807) is 9.80 Å². The van der Waals surface area contributed by atoms with Gasteiger partial charge < -0.3 is 9.80 Å². The Labute approximate surface area is 131 Å². The predicted octanol–water partition coefficient (Wildman–Crippen LogP) is 0.279. The van der Waals surface area contributed by atoms with E-state index in [0.717, 1.165) is 0 Å². The van der Waals surface area contributed by atoms with Gasteiger partial charge in [-0.3, -0.25) is 9.59 Å². The van der Waals surface area contributed by atoms with Crippen LogP contribution in [0.15, 0.2) is 0 Å². The summed E-state index contributed by atoms with van der Waals surface area (Å²) < 4.78 is 23.2. The lowest BCUT2D eigenvalue weighted by Gasteiger charge is -2.28. The normalized spacial score (nSPS) is 32.3. The molecule has 0 aromatic heterocycles. The van der Waals surface area contributed by atoms with Gasteiger partial charge in [0.1, 0.15) is 0 Å². The quantitative estimate of drug-likeness (QED) is 0.743. The van der Waals surface area contributed by atoms with Gasteiger partial charge in [0.05, 0.1) is 17.4 Å². The number of hydrogen-bond acceptors (Lipinski definition) is 4. The molecule has 0 N–H and O–H groups in total. The fraction of sp³-hybridized carbons (Fsp3) is 0.867. The van der Waals surface area contributed by atoms with Crippen LogP contribution in [-0.4, -0.2) is 67.2 Å². The maximum atomic E-state index is 12.6. The Hall–Kier alpha value is -1.11. The number of hydrogen-bond donors (Lipinski definition) is 0. The van der Waals surface area contributed by atoms with E-state index in [1.807, 2.05) is 7.05 Å². The molecular weight excluding hydrogens is 304 g/mol. The summed E-state index contributed by atoms with van der Waals surface area (Å²) in [6.45, 7) is 2.44. The Kier molecular flexibility index (Phi) is 3.95. The predicted molar refractivity (Wildman–Crippen MR) is 81.8 cm³/mol. The number of carbonyl (C=O) groups is 2. The molecule has 0 radical (unpaired) electrons. The molecule has 7 heteroatoms. The molecule has 2 heterocycles. The zero-order valence-electron chi connectivity index (χ0n) is 13.2. The maximum absolute atomic E-state index is 12.6. The Morgan fingerprint density at radius 2 is 2.00 bits per heavy atom. The summed E-state index contributed by atoms with van der Waals surface area (Å²) in [7, 11) is -1.20. The molecule has 0 unspecified atom stereocenters. The van der Waals surface area contributed by atoms with Crippen LogP contribution in [0.2, 0.25) is 0 Å². The highest BCUT2D eigenvalue weighted by Gasteiger charge is 2.43. The summed E-state index contributed by atoms with van der Waals surface area (Å²) in [4.78, 5) is 28.2. The molecule has 0 aromatic carbocycles. The van der Waals surface area contributed by atoms with Crippen molar-refractivity contribution < 1.29 is 18.0 Å². The number of nitrogens with zero attached hydrogens (tertiary/aromatic N) is 2. The fourth-order valence-electron chi connectivity index (χ4n) is 3.65. The third-order valence-corrected chi connectivity index (χ3v) is 7.17. The maximum Gasteiger partial charge on any atom is 0.227 e. The van der Waals surface area contributed by atoms with Gasteiger partial charge in [0.25, 0.3) is 0 Å². The Bertz CT molecular complexity index is 584. The lowest BCUT2D eigenvalue weighted by molar-refractivity contribution is -0.136. The first-order valence-electron chi connectivity index (χ1n) is 8.05. The van der Waals surface area contributed by atoms with E-state index in [2.05, 4.69) is 6.92 Å². The van der Waals surface area contributed by atoms with Crippen molar-refractivity contribution in [2.75, 3.05) is 25.1 Å². The first kappa shape index (κ1) is 15.8. The lowest BCUT2D eigenvalue weighted by Crippen LogP contribution is -2.42. The smallest absolute Gasteiger partial charge is 0.227 e. The van der Waals surface area contributed by atoms with Crippen LogP contribution in [0.5, 0.6) is 0 Å². The monoisotopic (exact) mass is 328 g/mol. The molecule has 3 aliphatic rings. The highest BCUT2D eigenvalue weighted by Crippen LogP contribution is 2.36. The second kappa shape index (κ2) is 5.51. The molecule has 124 valence electrons. The van der Waals surface area contributed by atoms with Crippen molar-refractivity contribution in [3.05, 3.63) is 0 Å².